The first-order valence-corrected chi connectivity index (χ1v) is 15.2. The quantitative estimate of drug-likeness (QED) is 0.199. The van der Waals surface area contributed by atoms with E-state index in [0.29, 0.717) is 0 Å². The van der Waals surface area contributed by atoms with E-state index in [-0.39, 0.29) is 0 Å². The molecule has 2 heterocycles. The van der Waals surface area contributed by atoms with Gasteiger partial charge in [0.1, 0.15) is 0 Å². The van der Waals surface area contributed by atoms with Gasteiger partial charge in [0.05, 0.1) is 28.3 Å². The molecule has 41 heavy (non-hydrogen) atoms. The zero-order valence-electron chi connectivity index (χ0n) is 22.0. The molecule has 0 fully saturated rings. The molecule has 1 aliphatic rings. The summed E-state index contributed by atoms with van der Waals surface area (Å²) >= 11 is 5.42. The van der Waals surface area contributed by atoms with Gasteiger partial charge in [-0.25, -0.2) is 4.98 Å². The second-order valence-corrected chi connectivity index (χ2v) is 12.1. The van der Waals surface area contributed by atoms with Crippen molar-refractivity contribution in [3.8, 4) is 22.4 Å². The van der Waals surface area contributed by atoms with Crippen LogP contribution in [0.15, 0.2) is 154 Å². The van der Waals surface area contributed by atoms with Gasteiger partial charge in [-0.3, -0.25) is 0 Å². The molecule has 0 amide bonds. The monoisotopic (exact) mass is 606 g/mol. The molecule has 2 nitrogen and oxygen atoms in total. The summed E-state index contributed by atoms with van der Waals surface area (Å²) in [7, 11) is 0. The Labute approximate surface area is 251 Å². The normalized spacial score (nSPS) is 12.4. The fourth-order valence-electron chi connectivity index (χ4n) is 5.83. The van der Waals surface area contributed by atoms with Crippen LogP contribution in [0, 0.1) is 0 Å². The molecule has 0 unspecified atom stereocenters. The average molecular weight is 608 g/mol. The Bertz CT molecular complexity index is 2050. The first-order valence-electron chi connectivity index (χ1n) is 13.6. The van der Waals surface area contributed by atoms with E-state index in [1.165, 1.54) is 43.1 Å². The van der Waals surface area contributed by atoms with Gasteiger partial charge in [0.2, 0.25) is 0 Å². The number of halogens is 1. The van der Waals surface area contributed by atoms with E-state index < -0.39 is 0 Å². The van der Waals surface area contributed by atoms with Crippen molar-refractivity contribution >= 4 is 66.4 Å². The Morgan fingerprint density at radius 2 is 1.15 bits per heavy atom. The van der Waals surface area contributed by atoms with E-state index in [2.05, 4.69) is 160 Å². The van der Waals surface area contributed by atoms with Gasteiger partial charge in [0.25, 0.3) is 0 Å². The summed E-state index contributed by atoms with van der Waals surface area (Å²) in [6, 6.07) is 49.8. The summed E-state index contributed by atoms with van der Waals surface area (Å²) < 4.78 is 1.05. The molecular weight excluding hydrogens is 584 g/mol. The van der Waals surface area contributed by atoms with Crippen molar-refractivity contribution in [1.29, 1.82) is 0 Å². The molecule has 8 rings (SSSR count). The smallest absolute Gasteiger partial charge is 0.0956 e. The van der Waals surface area contributed by atoms with Crippen LogP contribution in [0.3, 0.4) is 0 Å². The van der Waals surface area contributed by atoms with Crippen LogP contribution in [0.4, 0.5) is 17.1 Å². The van der Waals surface area contributed by atoms with Crippen molar-refractivity contribution in [3.05, 3.63) is 144 Å². The number of rotatable bonds is 3. The van der Waals surface area contributed by atoms with Gasteiger partial charge in [-0.1, -0.05) is 119 Å². The fraction of sp³-hybridized carbons (Fsp3) is 0. The third kappa shape index (κ3) is 4.14. The highest BCUT2D eigenvalue weighted by atomic mass is 79.9. The van der Waals surface area contributed by atoms with Gasteiger partial charge in [-0.05, 0) is 70.4 Å². The number of hydrogen-bond acceptors (Lipinski definition) is 3. The third-order valence-corrected chi connectivity index (χ3v) is 9.37. The maximum absolute atomic E-state index is 5.40. The topological polar surface area (TPSA) is 16.1 Å². The minimum Gasteiger partial charge on any atom is -0.306 e. The Morgan fingerprint density at radius 1 is 0.537 bits per heavy atom. The van der Waals surface area contributed by atoms with Crippen LogP contribution in [0.25, 0.3) is 44.1 Å². The number of pyridine rings is 1. The summed E-state index contributed by atoms with van der Waals surface area (Å²) in [6.45, 7) is 0. The van der Waals surface area contributed by atoms with Gasteiger partial charge < -0.3 is 4.90 Å². The molecule has 194 valence electrons. The molecule has 7 aromatic rings. The van der Waals surface area contributed by atoms with Crippen molar-refractivity contribution in [2.45, 2.75) is 9.79 Å². The molecule has 4 heteroatoms. The van der Waals surface area contributed by atoms with Crippen LogP contribution in [0.1, 0.15) is 0 Å². The average Bonchev–Trinajstić information content (AvgIpc) is 3.03. The molecule has 0 aliphatic carbocycles. The van der Waals surface area contributed by atoms with Gasteiger partial charge in [-0.15, -0.1) is 0 Å². The summed E-state index contributed by atoms with van der Waals surface area (Å²) in [4.78, 5) is 10.3. The number of hydrogen-bond donors (Lipinski definition) is 0. The highest BCUT2D eigenvalue weighted by Crippen LogP contribution is 2.52. The molecule has 0 bridgehead atoms. The van der Waals surface area contributed by atoms with E-state index in [0.717, 1.165) is 32.3 Å². The van der Waals surface area contributed by atoms with Crippen molar-refractivity contribution in [1.82, 2.24) is 4.98 Å². The SMILES string of the molecule is Brc1ccc(-c2cc(-c3cccc4ccccc34)c3cccc(N4c5ccccc5Sc5ccccc54)c3n2)cc1. The van der Waals surface area contributed by atoms with Crippen LogP contribution in [-0.2, 0) is 0 Å². The minimum absolute atomic E-state index is 0.952. The fourth-order valence-corrected chi connectivity index (χ4v) is 7.15. The Morgan fingerprint density at radius 3 is 1.93 bits per heavy atom. The molecule has 0 atom stereocenters. The second-order valence-electron chi connectivity index (χ2n) is 10.1. The van der Waals surface area contributed by atoms with Crippen molar-refractivity contribution < 1.29 is 0 Å². The molecular formula is C37H23BrN2S. The zero-order valence-corrected chi connectivity index (χ0v) is 24.4. The molecule has 0 N–H and O–H groups in total. The highest BCUT2D eigenvalue weighted by Gasteiger charge is 2.26. The van der Waals surface area contributed by atoms with E-state index in [1.54, 1.807) is 0 Å². The standard InChI is InChI=1S/C37H23BrN2S/c38-26-21-19-25(20-22-26)31-23-30(28-12-7-10-24-9-1-2-11-27(24)28)29-13-8-16-34(37(29)39-31)40-32-14-3-5-17-35(32)41-36-18-6-4-15-33(36)40/h1-23H. The zero-order chi connectivity index (χ0) is 27.3. The van der Waals surface area contributed by atoms with Crippen LogP contribution in [-0.4, -0.2) is 4.98 Å². The predicted octanol–water partition coefficient (Wildman–Crippen LogP) is 11.4. The van der Waals surface area contributed by atoms with Gasteiger partial charge >= 0.3 is 0 Å². The number of nitrogens with zero attached hydrogens (tertiary/aromatic N) is 2. The number of benzene rings is 6. The van der Waals surface area contributed by atoms with Crippen LogP contribution < -0.4 is 4.90 Å². The summed E-state index contributed by atoms with van der Waals surface area (Å²) in [5.41, 5.74) is 8.82. The second kappa shape index (κ2) is 9.91. The number of aromatic nitrogens is 1. The highest BCUT2D eigenvalue weighted by molar-refractivity contribution is 9.10. The molecule has 1 aliphatic heterocycles. The lowest BCUT2D eigenvalue weighted by atomic mass is 9.93. The first-order chi connectivity index (χ1) is 20.2. The van der Waals surface area contributed by atoms with Crippen LogP contribution in [0.2, 0.25) is 0 Å². The van der Waals surface area contributed by atoms with E-state index in [9.17, 15) is 0 Å². The maximum atomic E-state index is 5.40. The summed E-state index contributed by atoms with van der Waals surface area (Å²) in [5, 5.41) is 3.60. The molecule has 6 aromatic carbocycles. The molecule has 0 radical (unpaired) electrons. The van der Waals surface area contributed by atoms with Crippen molar-refractivity contribution in [3.63, 3.8) is 0 Å². The minimum atomic E-state index is 0.952. The van der Waals surface area contributed by atoms with Crippen molar-refractivity contribution in [2.24, 2.45) is 0 Å². The molecule has 0 saturated carbocycles. The summed E-state index contributed by atoms with van der Waals surface area (Å²) in [6.07, 6.45) is 0. The third-order valence-electron chi connectivity index (χ3n) is 7.71. The van der Waals surface area contributed by atoms with E-state index in [1.807, 2.05) is 11.8 Å². The molecule has 0 saturated heterocycles. The number of anilines is 3. The maximum Gasteiger partial charge on any atom is 0.0956 e. The molecule has 0 spiro atoms. The number of fused-ring (bicyclic) bond motifs is 4. The van der Waals surface area contributed by atoms with Gasteiger partial charge in [0.15, 0.2) is 0 Å². The van der Waals surface area contributed by atoms with Crippen LogP contribution in [0.5, 0.6) is 0 Å². The number of para-hydroxylation sites is 3. The largest absolute Gasteiger partial charge is 0.306 e. The lowest BCUT2D eigenvalue weighted by Gasteiger charge is -2.33. The van der Waals surface area contributed by atoms with E-state index >= 15 is 0 Å². The Hall–Kier alpha value is -4.38. The molecule has 1 aromatic heterocycles. The lowest BCUT2D eigenvalue weighted by molar-refractivity contribution is 1.17. The van der Waals surface area contributed by atoms with Crippen LogP contribution >= 0.6 is 27.7 Å². The van der Waals surface area contributed by atoms with E-state index in [4.69, 9.17) is 4.98 Å². The van der Waals surface area contributed by atoms with Gasteiger partial charge in [-0.2, -0.15) is 0 Å². The summed E-state index contributed by atoms with van der Waals surface area (Å²) in [5.74, 6) is 0. The predicted molar refractivity (Wildman–Crippen MR) is 177 cm³/mol. The Kier molecular flexibility index (Phi) is 5.91. The van der Waals surface area contributed by atoms with Crippen molar-refractivity contribution in [2.75, 3.05) is 4.90 Å². The van der Waals surface area contributed by atoms with Gasteiger partial charge in [0, 0.05) is 25.2 Å². The Balaban J connectivity index is 1.47. The lowest BCUT2D eigenvalue weighted by Crippen LogP contribution is -2.15. The first kappa shape index (κ1) is 24.4.